The van der Waals surface area contributed by atoms with Crippen LogP contribution < -0.4 is 5.32 Å². The maximum absolute atomic E-state index is 13.4. The molecule has 4 amide bonds. The van der Waals surface area contributed by atoms with E-state index in [4.69, 9.17) is 0 Å². The topological polar surface area (TPSA) is 110 Å². The Morgan fingerprint density at radius 2 is 1.49 bits per heavy atom. The van der Waals surface area contributed by atoms with E-state index in [9.17, 15) is 24.3 Å². The van der Waals surface area contributed by atoms with E-state index in [0.29, 0.717) is 57.9 Å². The molecule has 5 rings (SSSR count). The molecule has 1 saturated carbocycles. The van der Waals surface area contributed by atoms with Crippen molar-refractivity contribution in [2.75, 3.05) is 32.7 Å². The van der Waals surface area contributed by atoms with Gasteiger partial charge in [0.25, 0.3) is 0 Å². The van der Waals surface area contributed by atoms with Crippen LogP contribution in [0.4, 0.5) is 0 Å². The van der Waals surface area contributed by atoms with Crippen molar-refractivity contribution in [3.8, 4) is 5.75 Å². The Morgan fingerprint density at radius 1 is 0.744 bits per heavy atom. The average Bonchev–Trinajstić information content (AvgIpc) is 3.02. The van der Waals surface area contributed by atoms with Crippen LogP contribution in [-0.4, -0.2) is 88.2 Å². The number of benzene rings is 2. The lowest BCUT2D eigenvalue weighted by Crippen LogP contribution is -2.61. The van der Waals surface area contributed by atoms with E-state index < -0.39 is 17.7 Å². The maximum atomic E-state index is 13.4. The number of amides is 4. The van der Waals surface area contributed by atoms with Crippen molar-refractivity contribution in [2.24, 2.45) is 5.92 Å². The minimum Gasteiger partial charge on any atom is -0.508 e. The van der Waals surface area contributed by atoms with Gasteiger partial charge in [-0.25, -0.2) is 0 Å². The third kappa shape index (κ3) is 7.94. The fourth-order valence-electron chi connectivity index (χ4n) is 6.82. The van der Waals surface area contributed by atoms with E-state index in [1.54, 1.807) is 21.9 Å². The van der Waals surface area contributed by atoms with Gasteiger partial charge >= 0.3 is 23.6 Å². The molecule has 2 heterocycles. The van der Waals surface area contributed by atoms with Crippen molar-refractivity contribution in [3.05, 3.63) is 65.7 Å². The van der Waals surface area contributed by atoms with Gasteiger partial charge < -0.3 is 25.1 Å². The second-order valence-electron chi connectivity index (χ2n) is 12.3. The summed E-state index contributed by atoms with van der Waals surface area (Å²) >= 11 is 0. The summed E-state index contributed by atoms with van der Waals surface area (Å²) in [6.07, 6.45) is 9.36. The Bertz CT molecular complexity index is 1260. The Labute approximate surface area is 254 Å². The number of phenolic OH excluding ortho intramolecular Hbond substituents is 1. The third-order valence-corrected chi connectivity index (χ3v) is 9.28. The van der Waals surface area contributed by atoms with Crippen LogP contribution in [0.2, 0.25) is 0 Å². The molecule has 2 aliphatic heterocycles. The molecule has 3 fully saturated rings. The highest BCUT2D eigenvalue weighted by atomic mass is 16.3. The van der Waals surface area contributed by atoms with Crippen LogP contribution in [0.1, 0.15) is 62.5 Å². The van der Waals surface area contributed by atoms with Crippen molar-refractivity contribution in [2.45, 2.75) is 76.3 Å². The number of carbonyl (C=O) groups is 4. The highest BCUT2D eigenvalue weighted by Gasteiger charge is 2.40. The zero-order valence-corrected chi connectivity index (χ0v) is 25.0. The molecule has 230 valence electrons. The van der Waals surface area contributed by atoms with E-state index in [1.165, 1.54) is 24.8 Å². The van der Waals surface area contributed by atoms with E-state index in [0.717, 1.165) is 31.2 Å². The summed E-state index contributed by atoms with van der Waals surface area (Å²) in [6.45, 7) is 2.50. The van der Waals surface area contributed by atoms with E-state index in [2.05, 4.69) is 17.4 Å². The van der Waals surface area contributed by atoms with Gasteiger partial charge in [-0.2, -0.15) is 0 Å². The van der Waals surface area contributed by atoms with E-state index in [1.807, 2.05) is 35.2 Å². The molecule has 0 aromatic heterocycles. The molecule has 0 unspecified atom stereocenters. The Kier molecular flexibility index (Phi) is 10.3. The Morgan fingerprint density at radius 3 is 2.23 bits per heavy atom. The second kappa shape index (κ2) is 14.5. The number of nitrogens with zero attached hydrogens (tertiary/aromatic N) is 3. The van der Waals surface area contributed by atoms with Crippen LogP contribution in [0, 0.1) is 5.92 Å². The number of rotatable bonds is 12. The van der Waals surface area contributed by atoms with Crippen LogP contribution in [-0.2, 0) is 32.0 Å². The summed E-state index contributed by atoms with van der Waals surface area (Å²) < 4.78 is 0. The van der Waals surface area contributed by atoms with Crippen LogP contribution in [0.3, 0.4) is 0 Å². The van der Waals surface area contributed by atoms with Gasteiger partial charge in [-0.1, -0.05) is 61.7 Å². The first-order valence-electron chi connectivity index (χ1n) is 15.9. The van der Waals surface area contributed by atoms with Gasteiger partial charge in [0.05, 0.1) is 6.04 Å². The molecule has 3 aliphatic rings. The van der Waals surface area contributed by atoms with Crippen LogP contribution in [0.15, 0.2) is 54.6 Å². The zero-order chi connectivity index (χ0) is 30.2. The van der Waals surface area contributed by atoms with Crippen LogP contribution >= 0.6 is 0 Å². The molecule has 1 aliphatic carbocycles. The molecule has 0 radical (unpaired) electrons. The SMILES string of the molecule is O=C1NC[C@H](CCCCN2C[C@H](Cc3ccccc3)N(CC3CCCCC3)C(=O)C2=O)N(CCc2ccc(O)cc2)C1=O. The highest BCUT2D eigenvalue weighted by molar-refractivity contribution is 6.36. The number of nitrogens with one attached hydrogen (secondary N) is 1. The maximum Gasteiger partial charge on any atom is 0.312 e. The fraction of sp³-hybridized carbons (Fsp3) is 0.529. The summed E-state index contributed by atoms with van der Waals surface area (Å²) in [4.78, 5) is 56.8. The predicted molar refractivity (Wildman–Crippen MR) is 163 cm³/mol. The first-order valence-corrected chi connectivity index (χ1v) is 15.9. The fourth-order valence-corrected chi connectivity index (χ4v) is 6.82. The summed E-state index contributed by atoms with van der Waals surface area (Å²) in [5.41, 5.74) is 2.14. The monoisotopic (exact) mass is 588 g/mol. The Hall–Kier alpha value is -3.88. The number of hydrogen-bond acceptors (Lipinski definition) is 5. The van der Waals surface area contributed by atoms with Gasteiger partial charge in [0.15, 0.2) is 0 Å². The minimum absolute atomic E-state index is 0.0453. The quantitative estimate of drug-likeness (QED) is 0.292. The number of aromatic hydroxyl groups is 1. The van der Waals surface area contributed by atoms with Gasteiger partial charge in [0.1, 0.15) is 5.75 Å². The molecular formula is C34H44N4O5. The van der Waals surface area contributed by atoms with Gasteiger partial charge in [0, 0.05) is 38.8 Å². The highest BCUT2D eigenvalue weighted by Crippen LogP contribution is 2.27. The van der Waals surface area contributed by atoms with Crippen LogP contribution in [0.5, 0.6) is 5.75 Å². The molecule has 9 nitrogen and oxygen atoms in total. The number of piperazine rings is 2. The third-order valence-electron chi connectivity index (χ3n) is 9.28. The van der Waals surface area contributed by atoms with Crippen molar-refractivity contribution in [1.29, 1.82) is 0 Å². The summed E-state index contributed by atoms with van der Waals surface area (Å²) in [5, 5.41) is 12.2. The molecule has 0 spiro atoms. The van der Waals surface area contributed by atoms with Crippen molar-refractivity contribution >= 4 is 23.6 Å². The van der Waals surface area contributed by atoms with Crippen molar-refractivity contribution < 1.29 is 24.3 Å². The predicted octanol–water partition coefficient (Wildman–Crippen LogP) is 3.29. The van der Waals surface area contributed by atoms with Gasteiger partial charge in [-0.3, -0.25) is 19.2 Å². The second-order valence-corrected chi connectivity index (χ2v) is 12.3. The molecule has 2 saturated heterocycles. The van der Waals surface area contributed by atoms with Gasteiger partial charge in [-0.15, -0.1) is 0 Å². The molecule has 9 heteroatoms. The average molecular weight is 589 g/mol. The zero-order valence-electron chi connectivity index (χ0n) is 25.0. The minimum atomic E-state index is -0.582. The number of unbranched alkanes of at least 4 members (excludes halogenated alkanes) is 1. The van der Waals surface area contributed by atoms with Crippen molar-refractivity contribution in [1.82, 2.24) is 20.0 Å². The van der Waals surface area contributed by atoms with Crippen molar-refractivity contribution in [3.63, 3.8) is 0 Å². The summed E-state index contributed by atoms with van der Waals surface area (Å²) in [5.74, 6) is -1.23. The Balaban J connectivity index is 1.17. The number of hydrogen-bond donors (Lipinski definition) is 2. The molecule has 43 heavy (non-hydrogen) atoms. The molecule has 0 bridgehead atoms. The normalized spacial score (nSPS) is 21.8. The molecule has 2 atom stereocenters. The lowest BCUT2D eigenvalue weighted by Gasteiger charge is -2.42. The number of carbonyl (C=O) groups excluding carboxylic acids is 4. The standard InChI is InChI=1S/C34H44N4O5/c39-30-16-14-25(15-17-30)18-20-37-28(22-35-31(40)32(37)41)13-7-8-19-36-24-29(21-26-9-3-1-4-10-26)38(34(43)33(36)42)23-27-11-5-2-6-12-27/h1,3-4,9-10,14-17,27-29,39H,2,5-8,11-13,18-24H2,(H,35,40)/t28-,29-/m0/s1. The van der Waals surface area contributed by atoms with E-state index >= 15 is 0 Å². The van der Waals surface area contributed by atoms with Gasteiger partial charge in [-0.05, 0) is 74.1 Å². The van der Waals surface area contributed by atoms with E-state index in [-0.39, 0.29) is 23.7 Å². The first kappa shape index (κ1) is 30.6. The smallest absolute Gasteiger partial charge is 0.312 e. The molecule has 2 N–H and O–H groups in total. The summed E-state index contributed by atoms with van der Waals surface area (Å²) in [6, 6.07) is 16.9. The molecule has 2 aromatic carbocycles. The van der Waals surface area contributed by atoms with Crippen LogP contribution in [0.25, 0.3) is 0 Å². The molecule has 2 aromatic rings. The largest absolute Gasteiger partial charge is 0.508 e. The summed E-state index contributed by atoms with van der Waals surface area (Å²) in [7, 11) is 0. The lowest BCUT2D eigenvalue weighted by atomic mass is 9.88. The lowest BCUT2D eigenvalue weighted by molar-refractivity contribution is -0.159. The number of phenols is 1. The van der Waals surface area contributed by atoms with Gasteiger partial charge in [0.2, 0.25) is 0 Å². The first-order chi connectivity index (χ1) is 20.9. The molecular weight excluding hydrogens is 544 g/mol.